The molecule has 1 atom stereocenters. The highest BCUT2D eigenvalue weighted by atomic mass is 32.1. The van der Waals surface area contributed by atoms with Crippen molar-refractivity contribution in [1.82, 2.24) is 19.8 Å². The topological polar surface area (TPSA) is 92.7 Å². The number of hydrogen-bond donors (Lipinski definition) is 0. The predicted octanol–water partition coefficient (Wildman–Crippen LogP) is 4.32. The van der Waals surface area contributed by atoms with E-state index in [1.165, 1.54) is 11.3 Å². The molecule has 1 aromatic carbocycles. The zero-order valence-electron chi connectivity index (χ0n) is 20.8. The van der Waals surface area contributed by atoms with Crippen LogP contribution < -0.4 is 0 Å². The molecule has 1 aliphatic rings. The molecule has 1 unspecified atom stereocenters. The van der Waals surface area contributed by atoms with Crippen LogP contribution in [0.4, 0.5) is 0 Å². The lowest BCUT2D eigenvalue weighted by atomic mass is 10.0. The second kappa shape index (κ2) is 11.4. The summed E-state index contributed by atoms with van der Waals surface area (Å²) in [4.78, 5) is 53.2. The molecule has 9 heteroatoms. The van der Waals surface area contributed by atoms with Crippen molar-refractivity contribution in [3.8, 4) is 11.4 Å². The molecule has 188 valence electrons. The number of benzene rings is 1. The van der Waals surface area contributed by atoms with E-state index < -0.39 is 5.97 Å². The molecule has 0 radical (unpaired) electrons. The highest BCUT2D eigenvalue weighted by Crippen LogP contribution is 2.24. The molecule has 8 nitrogen and oxygen atoms in total. The van der Waals surface area contributed by atoms with Crippen LogP contribution in [-0.2, 0) is 11.2 Å². The third-order valence-electron chi connectivity index (χ3n) is 6.09. The minimum absolute atomic E-state index is 0.0320. The van der Waals surface area contributed by atoms with Crippen molar-refractivity contribution in [2.24, 2.45) is 0 Å². The molecule has 0 saturated carbocycles. The van der Waals surface area contributed by atoms with Gasteiger partial charge in [-0.25, -0.2) is 14.8 Å². The Labute approximate surface area is 214 Å². The Morgan fingerprint density at radius 2 is 1.81 bits per heavy atom. The first-order chi connectivity index (χ1) is 17.4. The van der Waals surface area contributed by atoms with Crippen LogP contribution in [0, 0.1) is 0 Å². The molecule has 2 amide bonds. The molecule has 4 rings (SSSR count). The van der Waals surface area contributed by atoms with Crippen LogP contribution in [-0.4, -0.2) is 69.8 Å². The van der Waals surface area contributed by atoms with E-state index in [1.54, 1.807) is 16.7 Å². The van der Waals surface area contributed by atoms with Gasteiger partial charge >= 0.3 is 5.97 Å². The van der Waals surface area contributed by atoms with Crippen molar-refractivity contribution < 1.29 is 19.1 Å². The number of piperazine rings is 1. The number of thiophene rings is 1. The van der Waals surface area contributed by atoms with Crippen LogP contribution in [0.15, 0.2) is 47.8 Å². The molecular weight excluding hydrogens is 476 g/mol. The maximum atomic E-state index is 13.8. The first-order valence-electron chi connectivity index (χ1n) is 12.2. The van der Waals surface area contributed by atoms with E-state index in [-0.39, 0.29) is 35.7 Å². The first-order valence-corrected chi connectivity index (χ1v) is 13.1. The van der Waals surface area contributed by atoms with Gasteiger partial charge in [0.15, 0.2) is 5.82 Å². The maximum absolute atomic E-state index is 13.8. The lowest BCUT2D eigenvalue weighted by Gasteiger charge is -2.39. The Hall–Kier alpha value is -3.59. The van der Waals surface area contributed by atoms with Gasteiger partial charge in [-0.3, -0.25) is 9.59 Å². The first kappa shape index (κ1) is 25.5. The van der Waals surface area contributed by atoms with E-state index in [1.807, 2.05) is 61.7 Å². The van der Waals surface area contributed by atoms with Gasteiger partial charge in [0, 0.05) is 31.2 Å². The molecule has 1 aliphatic heterocycles. The molecule has 3 heterocycles. The smallest absolute Gasteiger partial charge is 0.342 e. The number of amides is 2. The zero-order chi connectivity index (χ0) is 25.7. The van der Waals surface area contributed by atoms with Crippen LogP contribution >= 0.6 is 11.3 Å². The van der Waals surface area contributed by atoms with Crippen molar-refractivity contribution in [2.45, 2.75) is 39.7 Å². The van der Waals surface area contributed by atoms with E-state index in [9.17, 15) is 14.4 Å². The summed E-state index contributed by atoms with van der Waals surface area (Å²) in [5, 5.41) is 1.88. The van der Waals surface area contributed by atoms with Gasteiger partial charge in [0.25, 0.3) is 11.8 Å². The average Bonchev–Trinajstić information content (AvgIpc) is 3.43. The number of rotatable bonds is 7. The number of carbonyl (C=O) groups excluding carboxylic acids is 3. The number of ether oxygens (including phenoxy) is 1. The number of esters is 1. The Kier molecular flexibility index (Phi) is 8.10. The van der Waals surface area contributed by atoms with Gasteiger partial charge < -0.3 is 14.5 Å². The fourth-order valence-corrected chi connectivity index (χ4v) is 5.03. The summed E-state index contributed by atoms with van der Waals surface area (Å²) in [5.74, 6) is -0.584. The second-order valence-electron chi connectivity index (χ2n) is 8.63. The lowest BCUT2D eigenvalue weighted by Crippen LogP contribution is -2.55. The highest BCUT2D eigenvalue weighted by molar-refractivity contribution is 7.12. The van der Waals surface area contributed by atoms with Gasteiger partial charge in [-0.2, -0.15) is 0 Å². The van der Waals surface area contributed by atoms with Crippen LogP contribution in [0.5, 0.6) is 0 Å². The molecule has 0 spiro atoms. The van der Waals surface area contributed by atoms with E-state index in [2.05, 4.69) is 9.97 Å². The fraction of sp³-hybridized carbons (Fsp3) is 0.370. The minimum atomic E-state index is -0.594. The fourth-order valence-electron chi connectivity index (χ4n) is 4.35. The molecule has 0 aliphatic carbocycles. The monoisotopic (exact) mass is 506 g/mol. The molecule has 1 saturated heterocycles. The molecule has 3 aromatic rings. The van der Waals surface area contributed by atoms with E-state index >= 15 is 0 Å². The van der Waals surface area contributed by atoms with Gasteiger partial charge in [-0.15, -0.1) is 11.3 Å². The number of nitrogens with zero attached hydrogens (tertiary/aromatic N) is 4. The number of hydrogen-bond acceptors (Lipinski definition) is 7. The van der Waals surface area contributed by atoms with Crippen molar-refractivity contribution in [3.63, 3.8) is 0 Å². The summed E-state index contributed by atoms with van der Waals surface area (Å²) >= 11 is 1.41. The third kappa shape index (κ3) is 5.31. The van der Waals surface area contributed by atoms with Gasteiger partial charge in [0.05, 0.1) is 17.2 Å². The van der Waals surface area contributed by atoms with Gasteiger partial charge in [0.1, 0.15) is 11.3 Å². The van der Waals surface area contributed by atoms with Crippen molar-refractivity contribution in [3.05, 3.63) is 69.7 Å². The van der Waals surface area contributed by atoms with Crippen LogP contribution in [0.25, 0.3) is 11.4 Å². The van der Waals surface area contributed by atoms with E-state index in [4.69, 9.17) is 4.74 Å². The third-order valence-corrected chi connectivity index (χ3v) is 6.95. The molecule has 0 N–H and O–H groups in total. The summed E-state index contributed by atoms with van der Waals surface area (Å²) in [6.07, 6.45) is 1.25. The number of carbonyl (C=O) groups is 3. The summed E-state index contributed by atoms with van der Waals surface area (Å²) < 4.78 is 5.31. The number of aryl methyl sites for hydroxylation is 1. The van der Waals surface area contributed by atoms with Crippen molar-refractivity contribution in [2.75, 3.05) is 26.2 Å². The van der Waals surface area contributed by atoms with E-state index in [0.717, 1.165) is 12.0 Å². The Morgan fingerprint density at radius 1 is 1.03 bits per heavy atom. The molecule has 2 aromatic heterocycles. The maximum Gasteiger partial charge on any atom is 0.342 e. The van der Waals surface area contributed by atoms with Crippen molar-refractivity contribution >= 4 is 29.1 Å². The quantitative estimate of drug-likeness (QED) is 0.443. The summed E-state index contributed by atoms with van der Waals surface area (Å²) in [5.41, 5.74) is 1.45. The zero-order valence-corrected chi connectivity index (χ0v) is 21.6. The van der Waals surface area contributed by atoms with Crippen LogP contribution in [0.3, 0.4) is 0 Å². The standard InChI is InChI=1S/C27H30N4O4S/c1-4-10-20-22(27(34)35-5-2)23(29-24(28-20)19-11-7-6-8-12-19)26(33)30-14-15-31(18(3)17-30)25(32)21-13-9-16-36-21/h6-9,11-13,16,18H,4-5,10,14-15,17H2,1-3H3. The Morgan fingerprint density at radius 3 is 2.44 bits per heavy atom. The molecular formula is C27H30N4O4S. The second-order valence-corrected chi connectivity index (χ2v) is 9.58. The van der Waals surface area contributed by atoms with Crippen LogP contribution in [0.1, 0.15) is 63.4 Å². The average molecular weight is 507 g/mol. The van der Waals surface area contributed by atoms with E-state index in [0.29, 0.717) is 42.5 Å². The highest BCUT2D eigenvalue weighted by Gasteiger charge is 2.34. The summed E-state index contributed by atoms with van der Waals surface area (Å²) in [6.45, 7) is 6.91. The molecule has 1 fully saturated rings. The normalized spacial score (nSPS) is 15.6. The van der Waals surface area contributed by atoms with Crippen molar-refractivity contribution in [1.29, 1.82) is 0 Å². The largest absolute Gasteiger partial charge is 0.462 e. The number of aromatic nitrogens is 2. The molecule has 0 bridgehead atoms. The van der Waals surface area contributed by atoms with Crippen LogP contribution in [0.2, 0.25) is 0 Å². The summed E-state index contributed by atoms with van der Waals surface area (Å²) in [7, 11) is 0. The van der Waals surface area contributed by atoms with Gasteiger partial charge in [-0.05, 0) is 31.7 Å². The van der Waals surface area contributed by atoms with Gasteiger partial charge in [0.2, 0.25) is 0 Å². The predicted molar refractivity (Wildman–Crippen MR) is 138 cm³/mol. The summed E-state index contributed by atoms with van der Waals surface area (Å²) in [6, 6.07) is 12.9. The molecule has 36 heavy (non-hydrogen) atoms. The Balaban J connectivity index is 1.69. The lowest BCUT2D eigenvalue weighted by molar-refractivity contribution is 0.0408. The SMILES string of the molecule is CCCc1nc(-c2ccccc2)nc(C(=O)N2CCN(C(=O)c3cccs3)C(C)C2)c1C(=O)OCC. The minimum Gasteiger partial charge on any atom is -0.462 e. The van der Waals surface area contributed by atoms with Gasteiger partial charge in [-0.1, -0.05) is 49.7 Å². The Bertz CT molecular complexity index is 1230.